The molecule has 0 aliphatic carbocycles. The summed E-state index contributed by atoms with van der Waals surface area (Å²) in [6.07, 6.45) is 3.48. The Morgan fingerprint density at radius 3 is 2.89 bits per heavy atom. The lowest BCUT2D eigenvalue weighted by molar-refractivity contribution is 0.0950. The van der Waals surface area contributed by atoms with Crippen molar-refractivity contribution in [2.24, 2.45) is 0 Å². The molecule has 8 nitrogen and oxygen atoms in total. The molecule has 1 N–H and O–H groups in total. The van der Waals surface area contributed by atoms with E-state index in [0.717, 1.165) is 36.1 Å². The first kappa shape index (κ1) is 17.6. The Labute approximate surface area is 160 Å². The van der Waals surface area contributed by atoms with E-state index in [0.29, 0.717) is 17.3 Å². The number of rotatable bonds is 5. The van der Waals surface area contributed by atoms with Crippen molar-refractivity contribution in [1.82, 2.24) is 25.3 Å². The second-order valence-electron chi connectivity index (χ2n) is 6.30. The molecule has 140 valence electrons. The predicted molar refractivity (Wildman–Crippen MR) is 103 cm³/mol. The SMILES string of the molecule is COc1nc(CNC(=O)c2ccc3ncsc3c2)nc(N2CCCCC2)n1. The van der Waals surface area contributed by atoms with Gasteiger partial charge in [0, 0.05) is 18.7 Å². The molecule has 4 rings (SSSR count). The van der Waals surface area contributed by atoms with Crippen LogP contribution in [-0.4, -0.2) is 46.0 Å². The number of nitrogens with zero attached hydrogens (tertiary/aromatic N) is 5. The molecule has 3 aromatic rings. The molecule has 0 saturated carbocycles. The molecule has 1 aliphatic rings. The van der Waals surface area contributed by atoms with E-state index in [2.05, 4.69) is 30.2 Å². The Balaban J connectivity index is 1.48. The van der Waals surface area contributed by atoms with Crippen molar-refractivity contribution in [1.29, 1.82) is 0 Å². The highest BCUT2D eigenvalue weighted by Crippen LogP contribution is 2.20. The van der Waals surface area contributed by atoms with Crippen LogP contribution in [-0.2, 0) is 6.54 Å². The van der Waals surface area contributed by atoms with Crippen LogP contribution in [0.5, 0.6) is 6.01 Å². The number of ether oxygens (including phenoxy) is 1. The van der Waals surface area contributed by atoms with Crippen LogP contribution in [0.4, 0.5) is 5.95 Å². The van der Waals surface area contributed by atoms with Crippen molar-refractivity contribution >= 4 is 33.4 Å². The molecule has 27 heavy (non-hydrogen) atoms. The fraction of sp³-hybridized carbons (Fsp3) is 0.389. The van der Waals surface area contributed by atoms with E-state index < -0.39 is 0 Å². The van der Waals surface area contributed by atoms with Gasteiger partial charge in [-0.3, -0.25) is 4.79 Å². The maximum absolute atomic E-state index is 12.5. The Morgan fingerprint density at radius 2 is 2.07 bits per heavy atom. The molecule has 0 spiro atoms. The number of thiazole rings is 1. The van der Waals surface area contributed by atoms with Crippen LogP contribution in [0.3, 0.4) is 0 Å². The second-order valence-corrected chi connectivity index (χ2v) is 7.19. The third-order valence-corrected chi connectivity index (χ3v) is 5.26. The van der Waals surface area contributed by atoms with Gasteiger partial charge in [0.15, 0.2) is 5.82 Å². The molecule has 0 atom stereocenters. The maximum atomic E-state index is 12.5. The van der Waals surface area contributed by atoms with Crippen molar-refractivity contribution in [2.45, 2.75) is 25.8 Å². The molecule has 1 aliphatic heterocycles. The van der Waals surface area contributed by atoms with Gasteiger partial charge < -0.3 is 15.0 Å². The molecule has 0 unspecified atom stereocenters. The van der Waals surface area contributed by atoms with E-state index >= 15 is 0 Å². The van der Waals surface area contributed by atoms with Gasteiger partial charge in [0.25, 0.3) is 5.91 Å². The van der Waals surface area contributed by atoms with Gasteiger partial charge in [0.1, 0.15) is 0 Å². The quantitative estimate of drug-likeness (QED) is 0.722. The van der Waals surface area contributed by atoms with Crippen LogP contribution in [0.25, 0.3) is 10.2 Å². The fourth-order valence-electron chi connectivity index (χ4n) is 3.05. The number of carbonyl (C=O) groups excluding carboxylic acids is 1. The molecule has 1 amide bonds. The zero-order valence-corrected chi connectivity index (χ0v) is 15.8. The predicted octanol–water partition coefficient (Wildman–Crippen LogP) is 2.41. The number of aromatic nitrogens is 4. The van der Waals surface area contributed by atoms with Crippen LogP contribution in [0, 0.1) is 0 Å². The Morgan fingerprint density at radius 1 is 1.22 bits per heavy atom. The number of nitrogens with one attached hydrogen (secondary N) is 1. The molecule has 1 fully saturated rings. The first-order valence-electron chi connectivity index (χ1n) is 8.88. The van der Waals surface area contributed by atoms with E-state index in [9.17, 15) is 4.79 Å². The average Bonchev–Trinajstić information content (AvgIpc) is 3.20. The number of benzene rings is 1. The minimum absolute atomic E-state index is 0.177. The summed E-state index contributed by atoms with van der Waals surface area (Å²) in [7, 11) is 1.53. The minimum Gasteiger partial charge on any atom is -0.467 e. The Kier molecular flexibility index (Phi) is 5.10. The highest BCUT2D eigenvalue weighted by molar-refractivity contribution is 7.16. The standard InChI is InChI=1S/C18H20N6O2S/c1-26-18-22-15(21-17(23-18)24-7-3-2-4-8-24)10-19-16(25)12-5-6-13-14(9-12)27-11-20-13/h5-6,9,11H,2-4,7-8,10H2,1H3,(H,19,25). The third-order valence-electron chi connectivity index (χ3n) is 4.47. The molecule has 1 saturated heterocycles. The van der Waals surface area contributed by atoms with Crippen molar-refractivity contribution in [3.8, 4) is 6.01 Å². The zero-order chi connectivity index (χ0) is 18.6. The Bertz CT molecular complexity index is 954. The molecule has 3 heterocycles. The number of piperidine rings is 1. The topological polar surface area (TPSA) is 93.1 Å². The van der Waals surface area contributed by atoms with Crippen molar-refractivity contribution in [2.75, 3.05) is 25.1 Å². The molecular formula is C18H20N6O2S. The lowest BCUT2D eigenvalue weighted by Crippen LogP contribution is -2.32. The summed E-state index contributed by atoms with van der Waals surface area (Å²) in [5, 5.41) is 2.87. The fourth-order valence-corrected chi connectivity index (χ4v) is 3.77. The van der Waals surface area contributed by atoms with Crippen LogP contribution in [0.2, 0.25) is 0 Å². The summed E-state index contributed by atoms with van der Waals surface area (Å²) in [5.74, 6) is 0.913. The normalized spacial score (nSPS) is 14.3. The lowest BCUT2D eigenvalue weighted by atomic mass is 10.1. The number of hydrogen-bond donors (Lipinski definition) is 1. The molecule has 1 aromatic carbocycles. The van der Waals surface area contributed by atoms with Gasteiger partial charge in [-0.1, -0.05) is 0 Å². The molecular weight excluding hydrogens is 364 g/mol. The maximum Gasteiger partial charge on any atom is 0.321 e. The van der Waals surface area contributed by atoms with Crippen LogP contribution in [0.15, 0.2) is 23.7 Å². The van der Waals surface area contributed by atoms with Gasteiger partial charge in [-0.25, -0.2) is 4.98 Å². The summed E-state index contributed by atoms with van der Waals surface area (Å²) in [5.41, 5.74) is 3.25. The largest absolute Gasteiger partial charge is 0.467 e. The van der Waals surface area contributed by atoms with Gasteiger partial charge in [0.2, 0.25) is 5.95 Å². The molecule has 0 radical (unpaired) electrons. The van der Waals surface area contributed by atoms with Crippen molar-refractivity contribution < 1.29 is 9.53 Å². The van der Waals surface area contributed by atoms with E-state index in [4.69, 9.17) is 4.74 Å². The van der Waals surface area contributed by atoms with Crippen LogP contribution >= 0.6 is 11.3 Å². The van der Waals surface area contributed by atoms with E-state index in [-0.39, 0.29) is 18.5 Å². The first-order valence-corrected chi connectivity index (χ1v) is 9.76. The van der Waals surface area contributed by atoms with Crippen LogP contribution < -0.4 is 15.0 Å². The summed E-state index contributed by atoms with van der Waals surface area (Å²) in [4.78, 5) is 32.0. The molecule has 9 heteroatoms. The summed E-state index contributed by atoms with van der Waals surface area (Å²) >= 11 is 1.51. The van der Waals surface area contributed by atoms with E-state index in [1.807, 2.05) is 12.1 Å². The van der Waals surface area contributed by atoms with Gasteiger partial charge in [-0.05, 0) is 37.5 Å². The number of amides is 1. The zero-order valence-electron chi connectivity index (χ0n) is 15.0. The van der Waals surface area contributed by atoms with Crippen LogP contribution in [0.1, 0.15) is 35.4 Å². The summed E-state index contributed by atoms with van der Waals surface area (Å²) < 4.78 is 6.19. The van der Waals surface area contributed by atoms with E-state index in [1.54, 1.807) is 11.6 Å². The Hall–Kier alpha value is -2.81. The number of hydrogen-bond acceptors (Lipinski definition) is 8. The van der Waals surface area contributed by atoms with Crippen molar-refractivity contribution in [3.63, 3.8) is 0 Å². The number of anilines is 1. The number of carbonyl (C=O) groups is 1. The smallest absolute Gasteiger partial charge is 0.321 e. The second kappa shape index (κ2) is 7.83. The summed E-state index contributed by atoms with van der Waals surface area (Å²) in [6.45, 7) is 2.06. The minimum atomic E-state index is -0.177. The highest BCUT2D eigenvalue weighted by Gasteiger charge is 2.17. The first-order chi connectivity index (χ1) is 13.2. The third kappa shape index (κ3) is 3.97. The number of methoxy groups -OCH3 is 1. The monoisotopic (exact) mass is 384 g/mol. The van der Waals surface area contributed by atoms with Gasteiger partial charge in [-0.2, -0.15) is 15.0 Å². The highest BCUT2D eigenvalue weighted by atomic mass is 32.1. The van der Waals surface area contributed by atoms with Crippen molar-refractivity contribution in [3.05, 3.63) is 35.1 Å². The average molecular weight is 384 g/mol. The molecule has 0 bridgehead atoms. The summed E-state index contributed by atoms with van der Waals surface area (Å²) in [6, 6.07) is 5.72. The molecule has 2 aromatic heterocycles. The lowest BCUT2D eigenvalue weighted by Gasteiger charge is -2.26. The van der Waals surface area contributed by atoms with E-state index in [1.165, 1.54) is 24.9 Å². The van der Waals surface area contributed by atoms with Gasteiger partial charge >= 0.3 is 6.01 Å². The van der Waals surface area contributed by atoms with Gasteiger partial charge in [-0.15, -0.1) is 11.3 Å². The number of fused-ring (bicyclic) bond motifs is 1. The van der Waals surface area contributed by atoms with Gasteiger partial charge in [0.05, 0.1) is 29.4 Å².